The zero-order chi connectivity index (χ0) is 10.8. The lowest BCUT2D eigenvalue weighted by molar-refractivity contribution is 0.655. The van der Waals surface area contributed by atoms with Gasteiger partial charge in [-0.05, 0) is 19.9 Å². The normalized spacial score (nSPS) is 10.9. The van der Waals surface area contributed by atoms with Crippen LogP contribution in [0.15, 0.2) is 11.4 Å². The Kier molecular flexibility index (Phi) is 3.07. The topological polar surface area (TPSA) is 30.7 Å². The molecule has 15 heavy (non-hydrogen) atoms. The highest BCUT2D eigenvalue weighted by atomic mass is 35.5. The number of alkyl halides is 1. The van der Waals surface area contributed by atoms with Crippen LogP contribution in [0.4, 0.5) is 0 Å². The first-order valence-electron chi connectivity index (χ1n) is 4.69. The molecule has 0 saturated carbocycles. The maximum atomic E-state index is 5.70. The van der Waals surface area contributed by atoms with E-state index in [1.54, 1.807) is 11.3 Å². The van der Waals surface area contributed by atoms with Gasteiger partial charge in [0, 0.05) is 11.1 Å². The Balaban J connectivity index is 2.17. The van der Waals surface area contributed by atoms with E-state index in [-0.39, 0.29) is 0 Å². The second kappa shape index (κ2) is 4.33. The largest absolute Gasteiger partial charge is 0.263 e. The molecule has 5 heteroatoms. The first-order chi connectivity index (χ1) is 7.19. The van der Waals surface area contributed by atoms with Crippen molar-refractivity contribution >= 4 is 22.9 Å². The van der Waals surface area contributed by atoms with E-state index in [0.29, 0.717) is 5.88 Å². The molecular formula is C10H12ClN3S. The van der Waals surface area contributed by atoms with Crippen LogP contribution in [0.5, 0.6) is 0 Å². The number of hydrogen-bond donors (Lipinski definition) is 0. The van der Waals surface area contributed by atoms with Crippen molar-refractivity contribution in [3.8, 4) is 0 Å². The third-order valence-electron chi connectivity index (χ3n) is 2.12. The molecule has 0 fully saturated rings. The Bertz CT molecular complexity index is 461. The van der Waals surface area contributed by atoms with Crippen molar-refractivity contribution in [3.05, 3.63) is 33.5 Å². The van der Waals surface area contributed by atoms with Crippen LogP contribution in [0.3, 0.4) is 0 Å². The second-order valence-electron chi connectivity index (χ2n) is 3.45. The van der Waals surface area contributed by atoms with E-state index in [1.807, 2.05) is 17.0 Å². The predicted molar refractivity (Wildman–Crippen MR) is 62.5 cm³/mol. The molecule has 0 saturated heterocycles. The summed E-state index contributed by atoms with van der Waals surface area (Å²) in [4.78, 5) is 4.40. The summed E-state index contributed by atoms with van der Waals surface area (Å²) in [5.74, 6) is 0.480. The molecule has 0 aromatic carbocycles. The standard InChI is InChI=1S/C10H12ClN3S/c1-7-3-8(2)14(13-7)5-10-12-9(4-11)6-15-10/h3,6H,4-5H2,1-2H3. The molecule has 2 aromatic heterocycles. The van der Waals surface area contributed by atoms with Crippen molar-refractivity contribution < 1.29 is 0 Å². The van der Waals surface area contributed by atoms with Gasteiger partial charge < -0.3 is 0 Å². The second-order valence-corrected chi connectivity index (χ2v) is 4.66. The summed E-state index contributed by atoms with van der Waals surface area (Å²) < 4.78 is 1.96. The molecule has 80 valence electrons. The van der Waals surface area contributed by atoms with Gasteiger partial charge in [-0.2, -0.15) is 5.10 Å². The Morgan fingerprint density at radius 1 is 1.47 bits per heavy atom. The van der Waals surface area contributed by atoms with Crippen molar-refractivity contribution in [2.24, 2.45) is 0 Å². The molecule has 2 rings (SSSR count). The molecular weight excluding hydrogens is 230 g/mol. The van der Waals surface area contributed by atoms with Crippen molar-refractivity contribution in [2.45, 2.75) is 26.3 Å². The number of aryl methyl sites for hydroxylation is 2. The average Bonchev–Trinajstić information content (AvgIpc) is 2.75. The van der Waals surface area contributed by atoms with Gasteiger partial charge in [0.15, 0.2) is 0 Å². The Labute approximate surface area is 97.7 Å². The Hall–Kier alpha value is -0.870. The summed E-state index contributed by atoms with van der Waals surface area (Å²) in [5, 5.41) is 7.44. The van der Waals surface area contributed by atoms with E-state index in [2.05, 4.69) is 23.1 Å². The van der Waals surface area contributed by atoms with Crippen LogP contribution in [-0.2, 0) is 12.4 Å². The van der Waals surface area contributed by atoms with Crippen LogP contribution in [0.25, 0.3) is 0 Å². The first-order valence-corrected chi connectivity index (χ1v) is 6.11. The maximum absolute atomic E-state index is 5.70. The Morgan fingerprint density at radius 3 is 2.80 bits per heavy atom. The van der Waals surface area contributed by atoms with Crippen molar-refractivity contribution in [1.82, 2.24) is 14.8 Å². The quantitative estimate of drug-likeness (QED) is 0.774. The van der Waals surface area contributed by atoms with E-state index in [4.69, 9.17) is 11.6 Å². The number of hydrogen-bond acceptors (Lipinski definition) is 3. The van der Waals surface area contributed by atoms with Crippen LogP contribution in [0.1, 0.15) is 22.1 Å². The van der Waals surface area contributed by atoms with Crippen molar-refractivity contribution in [1.29, 1.82) is 0 Å². The smallest absolute Gasteiger partial charge is 0.114 e. The molecule has 0 bridgehead atoms. The van der Waals surface area contributed by atoms with E-state index in [9.17, 15) is 0 Å². The highest BCUT2D eigenvalue weighted by Crippen LogP contribution is 2.14. The zero-order valence-electron chi connectivity index (χ0n) is 8.70. The summed E-state index contributed by atoms with van der Waals surface area (Å²) in [6.45, 7) is 4.78. The van der Waals surface area contributed by atoms with Gasteiger partial charge in [0.05, 0.1) is 23.8 Å². The molecule has 3 nitrogen and oxygen atoms in total. The zero-order valence-corrected chi connectivity index (χ0v) is 10.3. The van der Waals surface area contributed by atoms with Gasteiger partial charge in [0.1, 0.15) is 5.01 Å². The summed E-state index contributed by atoms with van der Waals surface area (Å²) in [6.07, 6.45) is 0. The van der Waals surface area contributed by atoms with Crippen LogP contribution in [0, 0.1) is 13.8 Å². The van der Waals surface area contributed by atoms with Gasteiger partial charge in [-0.1, -0.05) is 0 Å². The SMILES string of the molecule is Cc1cc(C)n(Cc2nc(CCl)cs2)n1. The molecule has 0 atom stereocenters. The van der Waals surface area contributed by atoms with Crippen molar-refractivity contribution in [2.75, 3.05) is 0 Å². The fourth-order valence-corrected chi connectivity index (χ4v) is 2.45. The predicted octanol–water partition coefficient (Wildman–Crippen LogP) is 2.74. The van der Waals surface area contributed by atoms with Crippen LogP contribution in [-0.4, -0.2) is 14.8 Å². The Morgan fingerprint density at radius 2 is 2.27 bits per heavy atom. The summed E-state index contributed by atoms with van der Waals surface area (Å²) in [7, 11) is 0. The third-order valence-corrected chi connectivity index (χ3v) is 3.28. The number of rotatable bonds is 3. The van der Waals surface area contributed by atoms with Crippen LogP contribution < -0.4 is 0 Å². The molecule has 2 aromatic rings. The minimum absolute atomic E-state index is 0.480. The molecule has 0 N–H and O–H groups in total. The minimum atomic E-state index is 0.480. The van der Waals surface area contributed by atoms with Gasteiger partial charge in [-0.15, -0.1) is 22.9 Å². The highest BCUT2D eigenvalue weighted by Gasteiger charge is 2.05. The third kappa shape index (κ3) is 2.38. The number of nitrogens with zero attached hydrogens (tertiary/aromatic N) is 3. The lowest BCUT2D eigenvalue weighted by Crippen LogP contribution is -2.03. The van der Waals surface area contributed by atoms with E-state index in [0.717, 1.165) is 28.6 Å². The van der Waals surface area contributed by atoms with E-state index in [1.165, 1.54) is 0 Å². The fourth-order valence-electron chi connectivity index (χ4n) is 1.45. The van der Waals surface area contributed by atoms with Crippen molar-refractivity contribution in [3.63, 3.8) is 0 Å². The molecule has 0 aliphatic carbocycles. The molecule has 0 unspecified atom stereocenters. The lowest BCUT2D eigenvalue weighted by atomic mass is 10.4. The summed E-state index contributed by atoms with van der Waals surface area (Å²) in [6, 6.07) is 2.07. The summed E-state index contributed by atoms with van der Waals surface area (Å²) in [5.41, 5.74) is 3.15. The van der Waals surface area contributed by atoms with Gasteiger partial charge in [-0.25, -0.2) is 4.98 Å². The van der Waals surface area contributed by atoms with Gasteiger partial charge in [0.2, 0.25) is 0 Å². The van der Waals surface area contributed by atoms with Gasteiger partial charge in [0.25, 0.3) is 0 Å². The molecule has 0 radical (unpaired) electrons. The molecule has 0 spiro atoms. The molecule has 0 amide bonds. The number of aromatic nitrogens is 3. The number of halogens is 1. The number of thiazole rings is 1. The van der Waals surface area contributed by atoms with Gasteiger partial charge in [-0.3, -0.25) is 4.68 Å². The van der Waals surface area contributed by atoms with Gasteiger partial charge >= 0.3 is 0 Å². The first kappa shape index (κ1) is 10.6. The average molecular weight is 242 g/mol. The molecule has 2 heterocycles. The maximum Gasteiger partial charge on any atom is 0.114 e. The monoisotopic (exact) mass is 241 g/mol. The van der Waals surface area contributed by atoms with Crippen LogP contribution >= 0.6 is 22.9 Å². The molecule has 0 aliphatic rings. The van der Waals surface area contributed by atoms with Crippen LogP contribution in [0.2, 0.25) is 0 Å². The molecule has 0 aliphatic heterocycles. The van der Waals surface area contributed by atoms with E-state index >= 15 is 0 Å². The van der Waals surface area contributed by atoms with E-state index < -0.39 is 0 Å². The highest BCUT2D eigenvalue weighted by molar-refractivity contribution is 7.09. The fraction of sp³-hybridized carbons (Fsp3) is 0.400. The lowest BCUT2D eigenvalue weighted by Gasteiger charge is -2.00. The minimum Gasteiger partial charge on any atom is -0.263 e. The summed E-state index contributed by atoms with van der Waals surface area (Å²) >= 11 is 7.33.